The van der Waals surface area contributed by atoms with E-state index >= 15 is 0 Å². The molecule has 0 aromatic rings. The van der Waals surface area contributed by atoms with Crippen LogP contribution in [-0.4, -0.2) is 23.2 Å². The van der Waals surface area contributed by atoms with Crippen molar-refractivity contribution in [1.29, 1.82) is 0 Å². The van der Waals surface area contributed by atoms with Gasteiger partial charge in [-0.05, 0) is 42.1 Å². The fourth-order valence-corrected chi connectivity index (χ4v) is 1.76. The molecule has 1 saturated carbocycles. The van der Waals surface area contributed by atoms with Crippen LogP contribution < -0.4 is 5.73 Å². The molecule has 1 fully saturated rings. The van der Waals surface area contributed by atoms with E-state index in [1.165, 1.54) is 12.6 Å². The highest BCUT2D eigenvalue weighted by Crippen LogP contribution is 2.23. The maximum Gasteiger partial charge on any atom is 0.342 e. The van der Waals surface area contributed by atoms with Crippen LogP contribution in [0.15, 0.2) is 16.8 Å². The monoisotopic (exact) mass is 274 g/mol. The number of halogens is 1. The van der Waals surface area contributed by atoms with Gasteiger partial charge in [-0.1, -0.05) is 0 Å². The van der Waals surface area contributed by atoms with Crippen molar-refractivity contribution in [2.24, 2.45) is 10.7 Å². The number of hydrogen-bond acceptors (Lipinski definition) is 4. The van der Waals surface area contributed by atoms with Gasteiger partial charge in [-0.25, -0.2) is 4.79 Å². The largest absolute Gasteiger partial charge is 0.462 e. The van der Waals surface area contributed by atoms with Crippen LogP contribution in [0.2, 0.25) is 0 Å². The van der Waals surface area contributed by atoms with Crippen molar-refractivity contribution in [2.45, 2.75) is 32.2 Å². The van der Waals surface area contributed by atoms with E-state index in [1.54, 1.807) is 6.92 Å². The van der Waals surface area contributed by atoms with Crippen LogP contribution >= 0.6 is 15.9 Å². The maximum absolute atomic E-state index is 11.4. The Kier molecular flexibility index (Phi) is 4.81. The van der Waals surface area contributed by atoms with Crippen LogP contribution in [0.1, 0.15) is 26.2 Å². The normalized spacial score (nSPS) is 18.5. The van der Waals surface area contributed by atoms with Gasteiger partial charge in [0.05, 0.1) is 12.6 Å². The summed E-state index contributed by atoms with van der Waals surface area (Å²) in [5.74, 6) is -0.435. The molecule has 0 atom stereocenters. The summed E-state index contributed by atoms with van der Waals surface area (Å²) in [5, 5.41) is 0. The number of carbonyl (C=O) groups is 1. The summed E-state index contributed by atoms with van der Waals surface area (Å²) in [7, 11) is 0. The van der Waals surface area contributed by atoms with E-state index in [1.807, 2.05) is 0 Å². The third-order valence-electron chi connectivity index (χ3n) is 2.25. The highest BCUT2D eigenvalue weighted by molar-refractivity contribution is 9.18. The molecule has 2 N–H and O–H groups in total. The van der Waals surface area contributed by atoms with Crippen molar-refractivity contribution in [2.75, 3.05) is 6.61 Å². The topological polar surface area (TPSA) is 64.7 Å². The van der Waals surface area contributed by atoms with Crippen molar-refractivity contribution in [3.63, 3.8) is 0 Å². The van der Waals surface area contributed by atoms with Crippen molar-refractivity contribution < 1.29 is 9.53 Å². The molecule has 1 rings (SSSR count). The number of esters is 1. The van der Waals surface area contributed by atoms with Crippen LogP contribution in [0.3, 0.4) is 0 Å². The average Bonchev–Trinajstić information content (AvgIpc) is 2.13. The molecule has 4 nitrogen and oxygen atoms in total. The van der Waals surface area contributed by atoms with Crippen LogP contribution in [0, 0.1) is 0 Å². The first-order valence-corrected chi connectivity index (χ1v) is 5.81. The summed E-state index contributed by atoms with van der Waals surface area (Å²) in [6.45, 7) is 2.09. The van der Waals surface area contributed by atoms with E-state index in [4.69, 9.17) is 10.5 Å². The first kappa shape index (κ1) is 12.2. The number of nitrogens with two attached hydrogens (primary N) is 1. The fourth-order valence-electron chi connectivity index (χ4n) is 1.18. The molecule has 0 aliphatic heterocycles. The molecule has 0 unspecified atom stereocenters. The molecule has 0 heterocycles. The lowest BCUT2D eigenvalue weighted by atomic mass is 9.94. The van der Waals surface area contributed by atoms with E-state index in [0.29, 0.717) is 22.8 Å². The molecule has 0 bridgehead atoms. The van der Waals surface area contributed by atoms with Gasteiger partial charge < -0.3 is 10.5 Å². The molecule has 0 spiro atoms. The Hall–Kier alpha value is -0.840. The molecular formula is C10H15BrN2O2. The first-order chi connectivity index (χ1) is 7.19. The van der Waals surface area contributed by atoms with Gasteiger partial charge in [0, 0.05) is 6.20 Å². The van der Waals surface area contributed by atoms with Gasteiger partial charge in [0.15, 0.2) is 0 Å². The number of ether oxygens (including phenoxy) is 1. The van der Waals surface area contributed by atoms with E-state index in [0.717, 1.165) is 12.8 Å². The molecule has 0 aromatic heterocycles. The SMILES string of the molecule is CCOC(=O)C(=CN)C(Br)=NC1CCC1. The molecule has 1 aliphatic carbocycles. The Labute approximate surface area is 97.7 Å². The smallest absolute Gasteiger partial charge is 0.342 e. The lowest BCUT2D eigenvalue weighted by Gasteiger charge is -2.21. The Morgan fingerprint density at radius 1 is 1.67 bits per heavy atom. The van der Waals surface area contributed by atoms with Crippen LogP contribution in [0.4, 0.5) is 0 Å². The minimum atomic E-state index is -0.435. The van der Waals surface area contributed by atoms with Gasteiger partial charge in [-0.2, -0.15) is 0 Å². The maximum atomic E-state index is 11.4. The summed E-state index contributed by atoms with van der Waals surface area (Å²) >= 11 is 3.25. The van der Waals surface area contributed by atoms with Crippen molar-refractivity contribution in [1.82, 2.24) is 0 Å². The van der Waals surface area contributed by atoms with Gasteiger partial charge in [-0.3, -0.25) is 4.99 Å². The Balaban J connectivity index is 2.65. The highest BCUT2D eigenvalue weighted by Gasteiger charge is 2.20. The fraction of sp³-hybridized carbons (Fsp3) is 0.600. The van der Waals surface area contributed by atoms with Gasteiger partial charge in [-0.15, -0.1) is 0 Å². The zero-order valence-electron chi connectivity index (χ0n) is 8.70. The van der Waals surface area contributed by atoms with Gasteiger partial charge in [0.2, 0.25) is 0 Å². The van der Waals surface area contributed by atoms with Crippen LogP contribution in [0.5, 0.6) is 0 Å². The molecule has 0 amide bonds. The number of rotatable bonds is 4. The third kappa shape index (κ3) is 3.34. The summed E-state index contributed by atoms with van der Waals surface area (Å²) in [4.78, 5) is 15.8. The van der Waals surface area contributed by atoms with E-state index in [9.17, 15) is 4.79 Å². The highest BCUT2D eigenvalue weighted by atomic mass is 79.9. The summed E-state index contributed by atoms with van der Waals surface area (Å²) < 4.78 is 5.34. The lowest BCUT2D eigenvalue weighted by molar-refractivity contribution is -0.137. The molecule has 0 saturated heterocycles. The Morgan fingerprint density at radius 2 is 2.33 bits per heavy atom. The second-order valence-corrected chi connectivity index (χ2v) is 4.06. The molecular weight excluding hydrogens is 260 g/mol. The predicted octanol–water partition coefficient (Wildman–Crippen LogP) is 1.74. The first-order valence-electron chi connectivity index (χ1n) is 5.01. The zero-order valence-corrected chi connectivity index (χ0v) is 10.3. The minimum absolute atomic E-state index is 0.295. The van der Waals surface area contributed by atoms with Gasteiger partial charge in [0.25, 0.3) is 0 Å². The van der Waals surface area contributed by atoms with Crippen LogP contribution in [-0.2, 0) is 9.53 Å². The molecule has 84 valence electrons. The number of nitrogens with zero attached hydrogens (tertiary/aromatic N) is 1. The Bertz CT molecular complexity index is 296. The quantitative estimate of drug-likeness (QED) is 0.483. The van der Waals surface area contributed by atoms with E-state index in [-0.39, 0.29) is 0 Å². The Morgan fingerprint density at radius 3 is 2.73 bits per heavy atom. The number of aliphatic imine (C=N–C) groups is 1. The van der Waals surface area contributed by atoms with Gasteiger partial charge >= 0.3 is 5.97 Å². The molecule has 0 aromatic carbocycles. The molecule has 5 heteroatoms. The van der Waals surface area contributed by atoms with Crippen molar-refractivity contribution in [3.05, 3.63) is 11.8 Å². The summed E-state index contributed by atoms with van der Waals surface area (Å²) in [6, 6.07) is 0.323. The number of carbonyl (C=O) groups excluding carboxylic acids is 1. The van der Waals surface area contributed by atoms with Gasteiger partial charge in [0.1, 0.15) is 10.2 Å². The molecule has 15 heavy (non-hydrogen) atoms. The number of hydrogen-bond donors (Lipinski definition) is 1. The third-order valence-corrected chi connectivity index (χ3v) is 2.89. The van der Waals surface area contributed by atoms with E-state index in [2.05, 4.69) is 20.9 Å². The van der Waals surface area contributed by atoms with Crippen molar-refractivity contribution >= 4 is 26.5 Å². The van der Waals surface area contributed by atoms with Crippen LogP contribution in [0.25, 0.3) is 0 Å². The second kappa shape index (κ2) is 5.90. The lowest BCUT2D eigenvalue weighted by Crippen LogP contribution is -2.19. The second-order valence-electron chi connectivity index (χ2n) is 3.31. The molecule has 1 aliphatic rings. The average molecular weight is 275 g/mol. The zero-order chi connectivity index (χ0) is 11.3. The van der Waals surface area contributed by atoms with Crippen molar-refractivity contribution in [3.8, 4) is 0 Å². The standard InChI is InChI=1S/C10H15BrN2O2/c1-2-15-10(14)8(6-12)9(11)13-7-4-3-5-7/h6-7H,2-5,12H2,1H3. The van der Waals surface area contributed by atoms with E-state index < -0.39 is 5.97 Å². The molecule has 0 radical (unpaired) electrons. The summed E-state index contributed by atoms with van der Waals surface area (Å²) in [5.41, 5.74) is 5.66. The predicted molar refractivity (Wildman–Crippen MR) is 62.9 cm³/mol. The minimum Gasteiger partial charge on any atom is -0.462 e. The summed E-state index contributed by atoms with van der Waals surface area (Å²) in [6.07, 6.45) is 4.59.